The molecule has 3 heteroatoms. The molecule has 0 fully saturated rings. The van der Waals surface area contributed by atoms with E-state index >= 15 is 0 Å². The van der Waals surface area contributed by atoms with Crippen LogP contribution in [0.5, 0.6) is 5.75 Å². The molecule has 2 aromatic rings. The van der Waals surface area contributed by atoms with Gasteiger partial charge in [-0.25, -0.2) is 0 Å². The van der Waals surface area contributed by atoms with Crippen molar-refractivity contribution in [3.63, 3.8) is 0 Å². The zero-order valence-electron chi connectivity index (χ0n) is 11.3. The third-order valence-electron chi connectivity index (χ3n) is 2.86. The van der Waals surface area contributed by atoms with E-state index in [0.29, 0.717) is 11.3 Å². The van der Waals surface area contributed by atoms with Crippen molar-refractivity contribution < 1.29 is 14.3 Å². The minimum absolute atomic E-state index is 0.314. The van der Waals surface area contributed by atoms with E-state index in [9.17, 15) is 9.59 Å². The molecule has 0 unspecified atom stereocenters. The fourth-order valence-corrected chi connectivity index (χ4v) is 1.74. The highest BCUT2D eigenvalue weighted by Gasteiger charge is 2.24. The second-order valence-electron chi connectivity index (χ2n) is 5.46. The van der Waals surface area contributed by atoms with Crippen LogP contribution in [0.1, 0.15) is 31.1 Å². The molecule has 98 valence electrons. The number of ether oxygens (including phenoxy) is 1. The quantitative estimate of drug-likeness (QED) is 0.468. The lowest BCUT2D eigenvalue weighted by molar-refractivity contribution is -0.142. The van der Waals surface area contributed by atoms with Gasteiger partial charge in [0.25, 0.3) is 0 Å². The average Bonchev–Trinajstić information content (AvgIpc) is 2.37. The van der Waals surface area contributed by atoms with E-state index in [0.717, 1.165) is 17.1 Å². The van der Waals surface area contributed by atoms with Crippen molar-refractivity contribution in [2.45, 2.75) is 20.8 Å². The van der Waals surface area contributed by atoms with E-state index in [1.807, 2.05) is 30.3 Å². The number of aldehydes is 1. The van der Waals surface area contributed by atoms with Gasteiger partial charge in [-0.1, -0.05) is 30.3 Å². The van der Waals surface area contributed by atoms with Gasteiger partial charge >= 0.3 is 5.97 Å². The van der Waals surface area contributed by atoms with Gasteiger partial charge in [-0.05, 0) is 37.6 Å². The second kappa shape index (κ2) is 4.84. The number of esters is 1. The highest BCUT2D eigenvalue weighted by atomic mass is 16.5. The standard InChI is InChI=1S/C16H16O3/c1-16(2,3)15(18)19-14-9-8-11-6-4-5-7-12(11)13(14)10-17/h4-10H,1-3H3. The number of fused-ring (bicyclic) bond motifs is 1. The van der Waals surface area contributed by atoms with Crippen molar-refractivity contribution in [1.82, 2.24) is 0 Å². The van der Waals surface area contributed by atoms with Gasteiger partial charge in [0.2, 0.25) is 0 Å². The molecule has 0 bridgehead atoms. The van der Waals surface area contributed by atoms with E-state index in [1.165, 1.54) is 0 Å². The van der Waals surface area contributed by atoms with Crippen LogP contribution >= 0.6 is 0 Å². The first-order valence-corrected chi connectivity index (χ1v) is 6.12. The molecule has 0 N–H and O–H groups in total. The summed E-state index contributed by atoms with van der Waals surface area (Å²) in [5, 5.41) is 1.73. The fourth-order valence-electron chi connectivity index (χ4n) is 1.74. The first kappa shape index (κ1) is 13.3. The van der Waals surface area contributed by atoms with Crippen LogP contribution in [0.2, 0.25) is 0 Å². The zero-order chi connectivity index (χ0) is 14.0. The third-order valence-corrected chi connectivity index (χ3v) is 2.86. The molecule has 0 amide bonds. The summed E-state index contributed by atoms with van der Waals surface area (Å²) in [6.07, 6.45) is 0.730. The number of hydrogen-bond donors (Lipinski definition) is 0. The van der Waals surface area contributed by atoms with Crippen molar-refractivity contribution in [2.24, 2.45) is 5.41 Å². The van der Waals surface area contributed by atoms with Crippen LogP contribution in [0.3, 0.4) is 0 Å². The zero-order valence-corrected chi connectivity index (χ0v) is 11.3. The Hall–Kier alpha value is -2.16. The summed E-state index contributed by atoms with van der Waals surface area (Å²) < 4.78 is 5.34. The van der Waals surface area contributed by atoms with Crippen LogP contribution in [0.25, 0.3) is 10.8 Å². The molecule has 0 spiro atoms. The molecule has 0 radical (unpaired) electrons. The lowest BCUT2D eigenvalue weighted by Crippen LogP contribution is -2.26. The number of benzene rings is 2. The number of rotatable bonds is 2. The maximum absolute atomic E-state index is 11.9. The van der Waals surface area contributed by atoms with Crippen molar-refractivity contribution in [2.75, 3.05) is 0 Å². The molecule has 0 aliphatic carbocycles. The van der Waals surface area contributed by atoms with Crippen molar-refractivity contribution >= 4 is 23.0 Å². The van der Waals surface area contributed by atoms with Gasteiger partial charge in [0.15, 0.2) is 6.29 Å². The number of carbonyl (C=O) groups excluding carboxylic acids is 2. The van der Waals surface area contributed by atoms with Crippen LogP contribution in [0, 0.1) is 5.41 Å². The molecule has 2 rings (SSSR count). The predicted molar refractivity (Wildman–Crippen MR) is 74.4 cm³/mol. The summed E-state index contributed by atoms with van der Waals surface area (Å²) >= 11 is 0. The first-order valence-electron chi connectivity index (χ1n) is 6.12. The lowest BCUT2D eigenvalue weighted by atomic mass is 9.97. The highest BCUT2D eigenvalue weighted by Crippen LogP contribution is 2.28. The summed E-state index contributed by atoms with van der Waals surface area (Å²) in [6.45, 7) is 5.32. The first-order chi connectivity index (χ1) is 8.93. The van der Waals surface area contributed by atoms with Crippen LogP contribution in [-0.2, 0) is 4.79 Å². The Morgan fingerprint density at radius 1 is 1.11 bits per heavy atom. The van der Waals surface area contributed by atoms with Crippen molar-refractivity contribution in [1.29, 1.82) is 0 Å². The summed E-state index contributed by atoms with van der Waals surface area (Å²) in [7, 11) is 0. The Kier molecular flexibility index (Phi) is 3.38. The molecular weight excluding hydrogens is 240 g/mol. The van der Waals surface area contributed by atoms with Gasteiger partial charge in [-0.3, -0.25) is 9.59 Å². The van der Waals surface area contributed by atoms with E-state index in [4.69, 9.17) is 4.74 Å². The SMILES string of the molecule is CC(C)(C)C(=O)Oc1ccc2ccccc2c1C=O. The topological polar surface area (TPSA) is 43.4 Å². The van der Waals surface area contributed by atoms with Crippen LogP contribution in [0.4, 0.5) is 0 Å². The Labute approximate surface area is 112 Å². The maximum Gasteiger partial charge on any atom is 0.316 e. The van der Waals surface area contributed by atoms with E-state index in [1.54, 1.807) is 26.8 Å². The molecule has 0 atom stereocenters. The fraction of sp³-hybridized carbons (Fsp3) is 0.250. The minimum Gasteiger partial charge on any atom is -0.425 e. The van der Waals surface area contributed by atoms with Crippen LogP contribution in [0.15, 0.2) is 36.4 Å². The molecule has 0 heterocycles. The Morgan fingerprint density at radius 3 is 2.42 bits per heavy atom. The van der Waals surface area contributed by atoms with E-state index < -0.39 is 5.41 Å². The molecule has 0 aliphatic rings. The second-order valence-corrected chi connectivity index (χ2v) is 5.46. The smallest absolute Gasteiger partial charge is 0.316 e. The third kappa shape index (κ3) is 2.65. The van der Waals surface area contributed by atoms with Gasteiger partial charge in [0.05, 0.1) is 11.0 Å². The summed E-state index contributed by atoms with van der Waals surface area (Å²) in [4.78, 5) is 23.2. The molecule has 19 heavy (non-hydrogen) atoms. The van der Waals surface area contributed by atoms with Gasteiger partial charge in [-0.15, -0.1) is 0 Å². The number of hydrogen-bond acceptors (Lipinski definition) is 3. The molecule has 0 aliphatic heterocycles. The normalized spacial score (nSPS) is 11.3. The lowest BCUT2D eigenvalue weighted by Gasteiger charge is -2.17. The monoisotopic (exact) mass is 256 g/mol. The van der Waals surface area contributed by atoms with Crippen LogP contribution < -0.4 is 4.74 Å². The Balaban J connectivity index is 2.50. The van der Waals surface area contributed by atoms with Gasteiger partial charge in [0.1, 0.15) is 5.75 Å². The largest absolute Gasteiger partial charge is 0.425 e. The van der Waals surface area contributed by atoms with Crippen molar-refractivity contribution in [3.8, 4) is 5.75 Å². The Bertz CT molecular complexity index is 636. The summed E-state index contributed by atoms with van der Waals surface area (Å²) in [5.74, 6) is -0.0421. The molecule has 0 saturated carbocycles. The highest BCUT2D eigenvalue weighted by molar-refractivity contribution is 6.01. The predicted octanol–water partition coefficient (Wildman–Crippen LogP) is 3.60. The van der Waals surface area contributed by atoms with E-state index in [2.05, 4.69) is 0 Å². The summed E-state index contributed by atoms with van der Waals surface area (Å²) in [5.41, 5.74) is -0.193. The van der Waals surface area contributed by atoms with Crippen LogP contribution in [-0.4, -0.2) is 12.3 Å². The molecule has 3 nitrogen and oxygen atoms in total. The Morgan fingerprint density at radius 2 is 1.79 bits per heavy atom. The van der Waals surface area contributed by atoms with E-state index in [-0.39, 0.29) is 5.97 Å². The molecule has 0 saturated heterocycles. The average molecular weight is 256 g/mol. The molecular formula is C16H16O3. The van der Waals surface area contributed by atoms with Gasteiger partial charge in [0, 0.05) is 0 Å². The minimum atomic E-state index is -0.605. The summed E-state index contributed by atoms with van der Waals surface area (Å²) in [6, 6.07) is 11.0. The molecule has 2 aromatic carbocycles. The number of carbonyl (C=O) groups is 2. The molecule has 0 aromatic heterocycles. The van der Waals surface area contributed by atoms with Crippen molar-refractivity contribution in [3.05, 3.63) is 42.0 Å². The van der Waals surface area contributed by atoms with Gasteiger partial charge in [-0.2, -0.15) is 0 Å². The maximum atomic E-state index is 11.9. The van der Waals surface area contributed by atoms with Gasteiger partial charge < -0.3 is 4.74 Å².